The Labute approximate surface area is 174 Å². The third-order valence-corrected chi connectivity index (χ3v) is 5.42. The minimum Gasteiger partial charge on any atom is -0.494 e. The highest BCUT2D eigenvalue weighted by Gasteiger charge is 2.18. The molecule has 0 spiro atoms. The topological polar surface area (TPSA) is 68.3 Å². The number of nitrogens with zero attached hydrogens (tertiary/aromatic N) is 1. The molecule has 1 amide bonds. The van der Waals surface area contributed by atoms with Crippen LogP contribution in [0, 0.1) is 0 Å². The molecule has 1 aromatic heterocycles. The highest BCUT2D eigenvalue weighted by molar-refractivity contribution is 7.18. The molecule has 0 aliphatic rings. The molecule has 0 saturated heterocycles. The zero-order chi connectivity index (χ0) is 20.6. The maximum atomic E-state index is 12.6. The molecule has 0 radical (unpaired) electrons. The van der Waals surface area contributed by atoms with Crippen molar-refractivity contribution in [3.8, 4) is 17.0 Å². The van der Waals surface area contributed by atoms with Crippen molar-refractivity contribution in [1.82, 2.24) is 4.98 Å². The molecule has 3 aromatic rings. The monoisotopic (exact) mass is 408 g/mol. The summed E-state index contributed by atoms with van der Waals surface area (Å²) in [4.78, 5) is 29.6. The minimum atomic E-state index is -0.272. The minimum absolute atomic E-state index is 0.0774. The highest BCUT2D eigenvalue weighted by Crippen LogP contribution is 2.31. The van der Waals surface area contributed by atoms with Gasteiger partial charge in [0.2, 0.25) is 0 Å². The second-order valence-electron chi connectivity index (χ2n) is 6.65. The number of rotatable bonds is 9. The van der Waals surface area contributed by atoms with Gasteiger partial charge in [0, 0.05) is 18.1 Å². The average Bonchev–Trinajstić information content (AvgIpc) is 3.16. The number of ketones is 1. The van der Waals surface area contributed by atoms with Gasteiger partial charge in [-0.1, -0.05) is 61.4 Å². The van der Waals surface area contributed by atoms with Crippen LogP contribution in [-0.4, -0.2) is 23.3 Å². The number of aromatic nitrogens is 1. The molecule has 0 aliphatic heterocycles. The summed E-state index contributed by atoms with van der Waals surface area (Å²) >= 11 is 1.19. The Bertz CT molecular complexity index is 966. The lowest BCUT2D eigenvalue weighted by atomic mass is 10.1. The molecular formula is C23H24N2O3S. The molecule has 0 unspecified atom stereocenters. The van der Waals surface area contributed by atoms with E-state index in [2.05, 4.69) is 17.2 Å². The predicted molar refractivity (Wildman–Crippen MR) is 117 cm³/mol. The summed E-state index contributed by atoms with van der Waals surface area (Å²) in [6, 6.07) is 16.5. The zero-order valence-electron chi connectivity index (χ0n) is 16.6. The van der Waals surface area contributed by atoms with Crippen LogP contribution in [-0.2, 0) is 0 Å². The second kappa shape index (κ2) is 9.98. The molecule has 0 aliphatic carbocycles. The van der Waals surface area contributed by atoms with E-state index in [4.69, 9.17) is 4.74 Å². The van der Waals surface area contributed by atoms with Gasteiger partial charge in [-0.05, 0) is 30.7 Å². The molecule has 6 heteroatoms. The number of nitrogens with one attached hydrogen (secondary N) is 1. The third-order valence-electron chi connectivity index (χ3n) is 4.35. The summed E-state index contributed by atoms with van der Waals surface area (Å²) in [6.07, 6.45) is 3.31. The number of carbonyl (C=O) groups is 2. The number of thiazole rings is 1. The van der Waals surface area contributed by atoms with Crippen LogP contribution >= 0.6 is 11.3 Å². The number of hydrogen-bond acceptors (Lipinski definition) is 5. The van der Waals surface area contributed by atoms with E-state index in [1.165, 1.54) is 18.3 Å². The van der Waals surface area contributed by atoms with Crippen LogP contribution in [0.2, 0.25) is 0 Å². The quantitative estimate of drug-likeness (QED) is 0.357. The van der Waals surface area contributed by atoms with Gasteiger partial charge in [0.1, 0.15) is 5.75 Å². The zero-order valence-corrected chi connectivity index (χ0v) is 17.4. The standard InChI is InChI=1S/C23H24N2O3S/c1-3-4-8-15-28-19-13-11-18(12-14-19)22(27)25-23-24-20(21(29-23)16(2)26)17-9-6-5-7-10-17/h5-7,9-14H,3-4,8,15H2,1-2H3,(H,24,25,27). The van der Waals surface area contributed by atoms with Crippen molar-refractivity contribution in [2.24, 2.45) is 0 Å². The van der Waals surface area contributed by atoms with Crippen molar-refractivity contribution in [2.45, 2.75) is 33.1 Å². The molecule has 5 nitrogen and oxygen atoms in total. The van der Waals surface area contributed by atoms with Crippen molar-refractivity contribution >= 4 is 28.2 Å². The number of hydrogen-bond donors (Lipinski definition) is 1. The largest absolute Gasteiger partial charge is 0.494 e. The first kappa shape index (κ1) is 20.7. The van der Waals surface area contributed by atoms with Crippen molar-refractivity contribution in [3.05, 3.63) is 65.0 Å². The molecule has 1 heterocycles. The van der Waals surface area contributed by atoms with E-state index in [1.807, 2.05) is 30.3 Å². The van der Waals surface area contributed by atoms with Gasteiger partial charge in [0.05, 0.1) is 17.2 Å². The van der Waals surface area contributed by atoms with Crippen LogP contribution in [0.4, 0.5) is 5.13 Å². The van der Waals surface area contributed by atoms with Crippen molar-refractivity contribution in [2.75, 3.05) is 11.9 Å². The Kier molecular flexibility index (Phi) is 7.14. The molecule has 29 heavy (non-hydrogen) atoms. The Morgan fingerprint density at radius 1 is 1.03 bits per heavy atom. The Morgan fingerprint density at radius 2 is 1.76 bits per heavy atom. The average molecular weight is 409 g/mol. The van der Waals surface area contributed by atoms with Gasteiger partial charge in [-0.3, -0.25) is 14.9 Å². The van der Waals surface area contributed by atoms with E-state index in [9.17, 15) is 9.59 Å². The van der Waals surface area contributed by atoms with Gasteiger partial charge in [0.25, 0.3) is 5.91 Å². The molecule has 1 N–H and O–H groups in total. The fourth-order valence-electron chi connectivity index (χ4n) is 2.82. The molecule has 0 fully saturated rings. The van der Waals surface area contributed by atoms with Crippen LogP contribution in [0.3, 0.4) is 0 Å². The van der Waals surface area contributed by atoms with Gasteiger partial charge in [-0.2, -0.15) is 0 Å². The van der Waals surface area contributed by atoms with Gasteiger partial charge in [-0.25, -0.2) is 4.98 Å². The fourth-order valence-corrected chi connectivity index (χ4v) is 3.70. The summed E-state index contributed by atoms with van der Waals surface area (Å²) in [5.74, 6) is 0.398. The predicted octanol–water partition coefficient (Wildman–Crippen LogP) is 5.83. The normalized spacial score (nSPS) is 10.6. The maximum absolute atomic E-state index is 12.6. The molecule has 3 rings (SSSR count). The maximum Gasteiger partial charge on any atom is 0.257 e. The first-order valence-electron chi connectivity index (χ1n) is 9.70. The molecule has 150 valence electrons. The number of Topliss-reactive ketones (excluding diaryl/α,β-unsaturated/α-hetero) is 1. The number of benzene rings is 2. The SMILES string of the molecule is CCCCCOc1ccc(C(=O)Nc2nc(-c3ccccc3)c(C(C)=O)s2)cc1. The fraction of sp³-hybridized carbons (Fsp3) is 0.261. The van der Waals surface area contributed by atoms with E-state index < -0.39 is 0 Å². The Hall–Kier alpha value is -2.99. The van der Waals surface area contributed by atoms with Crippen LogP contribution in [0.1, 0.15) is 53.1 Å². The van der Waals surface area contributed by atoms with Gasteiger partial charge >= 0.3 is 0 Å². The van der Waals surface area contributed by atoms with Crippen LogP contribution in [0.5, 0.6) is 5.75 Å². The van der Waals surface area contributed by atoms with E-state index in [0.717, 1.165) is 30.6 Å². The molecule has 0 atom stereocenters. The highest BCUT2D eigenvalue weighted by atomic mass is 32.1. The van der Waals surface area contributed by atoms with Gasteiger partial charge in [0.15, 0.2) is 10.9 Å². The van der Waals surface area contributed by atoms with Crippen LogP contribution in [0.15, 0.2) is 54.6 Å². The van der Waals surface area contributed by atoms with E-state index >= 15 is 0 Å². The summed E-state index contributed by atoms with van der Waals surface area (Å²) in [5.41, 5.74) is 1.94. The van der Waals surface area contributed by atoms with Gasteiger partial charge in [-0.15, -0.1) is 0 Å². The molecule has 0 saturated carbocycles. The number of anilines is 1. The number of carbonyl (C=O) groups excluding carboxylic acids is 2. The van der Waals surface area contributed by atoms with Gasteiger partial charge < -0.3 is 4.74 Å². The Balaban J connectivity index is 1.70. The van der Waals surface area contributed by atoms with E-state index in [1.54, 1.807) is 24.3 Å². The summed E-state index contributed by atoms with van der Waals surface area (Å²) in [7, 11) is 0. The van der Waals surface area contributed by atoms with Crippen molar-refractivity contribution in [3.63, 3.8) is 0 Å². The molecular weight excluding hydrogens is 384 g/mol. The number of unbranched alkanes of at least 4 members (excludes halogenated alkanes) is 2. The van der Waals surface area contributed by atoms with Crippen molar-refractivity contribution < 1.29 is 14.3 Å². The second-order valence-corrected chi connectivity index (χ2v) is 7.65. The lowest BCUT2D eigenvalue weighted by molar-refractivity contribution is 0.101. The molecule has 2 aromatic carbocycles. The Morgan fingerprint density at radius 3 is 2.41 bits per heavy atom. The third kappa shape index (κ3) is 5.51. The van der Waals surface area contributed by atoms with Crippen LogP contribution < -0.4 is 10.1 Å². The number of ether oxygens (including phenoxy) is 1. The first-order valence-corrected chi connectivity index (χ1v) is 10.5. The van der Waals surface area contributed by atoms with E-state index in [-0.39, 0.29) is 11.7 Å². The summed E-state index contributed by atoms with van der Waals surface area (Å²) in [5, 5.41) is 3.20. The lowest BCUT2D eigenvalue weighted by Crippen LogP contribution is -2.11. The number of amides is 1. The first-order chi connectivity index (χ1) is 14.1. The smallest absolute Gasteiger partial charge is 0.257 e. The summed E-state index contributed by atoms with van der Waals surface area (Å²) < 4.78 is 5.68. The lowest BCUT2D eigenvalue weighted by Gasteiger charge is -2.07. The summed E-state index contributed by atoms with van der Waals surface area (Å²) in [6.45, 7) is 4.33. The van der Waals surface area contributed by atoms with Crippen molar-refractivity contribution in [1.29, 1.82) is 0 Å². The van der Waals surface area contributed by atoms with Crippen LogP contribution in [0.25, 0.3) is 11.3 Å². The molecule has 0 bridgehead atoms. The van der Waals surface area contributed by atoms with E-state index in [0.29, 0.717) is 27.9 Å².